The molecule has 3 heterocycles. The number of nitrogens with zero attached hydrogens (tertiary/aromatic N) is 3. The molecule has 11 heteroatoms. The first-order valence-corrected chi connectivity index (χ1v) is 13.0. The first-order valence-electron chi connectivity index (χ1n) is 13.0. The number of ether oxygens (including phenoxy) is 1. The Bertz CT molecular complexity index is 1570. The maximum absolute atomic E-state index is 14.0. The van der Waals surface area contributed by atoms with E-state index in [0.29, 0.717) is 34.4 Å². The second-order valence-electron chi connectivity index (χ2n) is 10.6. The third-order valence-corrected chi connectivity index (χ3v) is 7.63. The molecule has 3 atom stereocenters. The van der Waals surface area contributed by atoms with Crippen molar-refractivity contribution < 1.29 is 24.3 Å². The normalized spacial score (nSPS) is 20.6. The van der Waals surface area contributed by atoms with Crippen LogP contribution in [0.4, 0.5) is 11.4 Å². The number of H-pyrrole nitrogens is 1. The number of oxime groups is 1. The minimum atomic E-state index is -0.987. The summed E-state index contributed by atoms with van der Waals surface area (Å²) < 4.78 is 5.40. The molecule has 1 aromatic heterocycles. The second kappa shape index (κ2) is 10.4. The van der Waals surface area contributed by atoms with Crippen molar-refractivity contribution in [2.24, 2.45) is 11.1 Å². The zero-order valence-electron chi connectivity index (χ0n) is 22.4. The largest absolute Gasteiger partial charge is 0.497 e. The van der Waals surface area contributed by atoms with Crippen LogP contribution in [0.3, 0.4) is 0 Å². The van der Waals surface area contributed by atoms with Crippen molar-refractivity contribution in [1.29, 1.82) is 0 Å². The molecule has 0 saturated carbocycles. The van der Waals surface area contributed by atoms with Crippen molar-refractivity contribution >= 4 is 46.2 Å². The van der Waals surface area contributed by atoms with E-state index < -0.39 is 23.4 Å². The molecule has 206 valence electrons. The summed E-state index contributed by atoms with van der Waals surface area (Å²) in [5.41, 5.74) is 1.65. The van der Waals surface area contributed by atoms with Gasteiger partial charge in [-0.2, -0.15) is 0 Å². The van der Waals surface area contributed by atoms with Gasteiger partial charge in [0, 0.05) is 23.1 Å². The van der Waals surface area contributed by atoms with Gasteiger partial charge in [-0.3, -0.25) is 14.4 Å². The summed E-state index contributed by atoms with van der Waals surface area (Å²) in [4.78, 5) is 48.6. The number of rotatable bonds is 7. The molecule has 3 amide bonds. The summed E-state index contributed by atoms with van der Waals surface area (Å²) in [6.45, 7) is 11.3. The van der Waals surface area contributed by atoms with Crippen molar-refractivity contribution in [2.75, 3.05) is 19.0 Å². The zero-order chi connectivity index (χ0) is 28.6. The van der Waals surface area contributed by atoms with Crippen LogP contribution in [-0.4, -0.2) is 64.8 Å². The maximum atomic E-state index is 14.0. The molecule has 1 fully saturated rings. The van der Waals surface area contributed by atoms with Crippen LogP contribution in [0.1, 0.15) is 42.7 Å². The van der Waals surface area contributed by atoms with Gasteiger partial charge in [-0.1, -0.05) is 37.2 Å². The van der Waals surface area contributed by atoms with E-state index in [4.69, 9.17) is 11.3 Å². The van der Waals surface area contributed by atoms with Gasteiger partial charge >= 0.3 is 0 Å². The zero-order valence-corrected chi connectivity index (χ0v) is 22.4. The molecule has 0 radical (unpaired) electrons. The van der Waals surface area contributed by atoms with E-state index in [1.54, 1.807) is 18.2 Å². The Hall–Kier alpha value is -4.85. The van der Waals surface area contributed by atoms with Crippen LogP contribution in [0.2, 0.25) is 0 Å². The highest BCUT2D eigenvalue weighted by molar-refractivity contribution is 6.08. The molecule has 0 bridgehead atoms. The Labute approximate surface area is 231 Å². The van der Waals surface area contributed by atoms with Gasteiger partial charge in [0.25, 0.3) is 5.91 Å². The van der Waals surface area contributed by atoms with Crippen LogP contribution in [0.25, 0.3) is 15.7 Å². The molecule has 11 nitrogen and oxygen atoms in total. The number of aromatic nitrogens is 1. The summed E-state index contributed by atoms with van der Waals surface area (Å²) in [5, 5.41) is 19.0. The summed E-state index contributed by atoms with van der Waals surface area (Å²) in [5.74, 6) is -0.556. The topological polar surface area (TPSA) is 140 Å². The van der Waals surface area contributed by atoms with E-state index >= 15 is 0 Å². The Morgan fingerprint density at radius 2 is 2.10 bits per heavy atom. The van der Waals surface area contributed by atoms with Crippen molar-refractivity contribution in [3.8, 4) is 5.75 Å². The third kappa shape index (κ3) is 4.51. The van der Waals surface area contributed by atoms with Crippen LogP contribution < -0.4 is 15.4 Å². The lowest BCUT2D eigenvalue weighted by molar-refractivity contribution is -0.133. The molecule has 3 aromatic rings. The first kappa shape index (κ1) is 26.7. The highest BCUT2D eigenvalue weighted by Crippen LogP contribution is 2.46. The number of anilines is 1. The lowest BCUT2D eigenvalue weighted by Crippen LogP contribution is -2.51. The quantitative estimate of drug-likeness (QED) is 0.156. The minimum absolute atomic E-state index is 0.0651. The number of nitrogens with one attached hydrogen (secondary N) is 3. The van der Waals surface area contributed by atoms with Crippen molar-refractivity contribution in [1.82, 2.24) is 15.2 Å². The van der Waals surface area contributed by atoms with Gasteiger partial charge in [-0.25, -0.2) is 4.85 Å². The predicted molar refractivity (Wildman–Crippen MR) is 149 cm³/mol. The molecule has 0 unspecified atom stereocenters. The minimum Gasteiger partial charge on any atom is -0.497 e. The Kier molecular flexibility index (Phi) is 6.94. The monoisotopic (exact) mass is 542 g/mol. The van der Waals surface area contributed by atoms with Gasteiger partial charge in [0.15, 0.2) is 5.69 Å². The molecule has 1 saturated heterocycles. The molecule has 2 aliphatic rings. The Morgan fingerprint density at radius 3 is 2.80 bits per heavy atom. The second-order valence-corrected chi connectivity index (χ2v) is 10.6. The SMILES string of the molecule is [C-]#[N+]c1cc(OC)c2cc(C(=O)N[C@@H](CC(C)C)C(=O)N3C[C@]4(C[C@H]3C=NO)C(=O)Nc3ccccc34)[nH]c2c1. The highest BCUT2D eigenvalue weighted by atomic mass is 16.5. The fourth-order valence-electron chi connectivity index (χ4n) is 5.80. The van der Waals surface area contributed by atoms with Crippen molar-refractivity contribution in [3.05, 3.63) is 65.1 Å². The Morgan fingerprint density at radius 1 is 1.32 bits per heavy atom. The standard InChI is InChI=1S/C29H30N6O5/c1-16(2)9-24(33-26(36)23-12-19-22(32-23)10-17(30-3)11-25(19)40-4)27(37)35-15-29(13-18(35)14-31-39)20-7-5-6-8-21(20)34-28(29)38/h5-8,10-12,14,16,18,24,32,39H,9,13,15H2,1-2,4H3,(H,33,36)(H,34,38)/t18-,24-,29-/m0/s1. The van der Waals surface area contributed by atoms with Gasteiger partial charge in [-0.05, 0) is 48.6 Å². The van der Waals surface area contributed by atoms with Crippen LogP contribution in [0, 0.1) is 12.5 Å². The van der Waals surface area contributed by atoms with E-state index in [-0.39, 0.29) is 36.4 Å². The third-order valence-electron chi connectivity index (χ3n) is 7.63. The molecule has 40 heavy (non-hydrogen) atoms. The van der Waals surface area contributed by atoms with Crippen molar-refractivity contribution in [2.45, 2.75) is 44.2 Å². The van der Waals surface area contributed by atoms with Gasteiger partial charge in [0.1, 0.15) is 17.5 Å². The molecule has 2 aliphatic heterocycles. The average Bonchev–Trinajstić information content (AvgIpc) is 3.61. The lowest BCUT2D eigenvalue weighted by atomic mass is 9.80. The number of fused-ring (bicyclic) bond motifs is 3. The summed E-state index contributed by atoms with van der Waals surface area (Å²) >= 11 is 0. The number of hydrogen-bond donors (Lipinski definition) is 4. The van der Waals surface area contributed by atoms with E-state index in [0.717, 1.165) is 5.56 Å². The summed E-state index contributed by atoms with van der Waals surface area (Å²) in [7, 11) is 1.49. The van der Waals surface area contributed by atoms with Gasteiger partial charge in [-0.15, -0.1) is 0 Å². The van der Waals surface area contributed by atoms with Gasteiger partial charge in [0.2, 0.25) is 11.8 Å². The van der Waals surface area contributed by atoms with E-state index in [2.05, 4.69) is 25.6 Å². The fourth-order valence-corrected chi connectivity index (χ4v) is 5.80. The molecule has 5 rings (SSSR count). The number of para-hydroxylation sites is 1. The number of aromatic amines is 1. The number of carbonyl (C=O) groups is 3. The van der Waals surface area contributed by atoms with Crippen molar-refractivity contribution in [3.63, 3.8) is 0 Å². The maximum Gasteiger partial charge on any atom is 0.268 e. The summed E-state index contributed by atoms with van der Waals surface area (Å²) in [6, 6.07) is 10.7. The highest BCUT2D eigenvalue weighted by Gasteiger charge is 2.56. The van der Waals surface area contributed by atoms with Crippen LogP contribution in [0.5, 0.6) is 5.75 Å². The van der Waals surface area contributed by atoms with Crippen LogP contribution in [-0.2, 0) is 15.0 Å². The number of benzene rings is 2. The lowest BCUT2D eigenvalue weighted by Gasteiger charge is -2.29. The molecule has 0 aliphatic carbocycles. The van der Waals surface area contributed by atoms with Crippen LogP contribution >= 0.6 is 0 Å². The van der Waals surface area contributed by atoms with Gasteiger partial charge < -0.3 is 30.5 Å². The van der Waals surface area contributed by atoms with Gasteiger partial charge in [0.05, 0.1) is 31.4 Å². The predicted octanol–water partition coefficient (Wildman–Crippen LogP) is 3.82. The molecule has 2 aromatic carbocycles. The van der Waals surface area contributed by atoms with E-state index in [9.17, 15) is 19.6 Å². The molecular formula is C29H30N6O5. The molecule has 4 N–H and O–H groups in total. The fraction of sp³-hybridized carbons (Fsp3) is 0.345. The smallest absolute Gasteiger partial charge is 0.268 e. The number of hydrogen-bond acceptors (Lipinski definition) is 6. The molecule has 1 spiro atoms. The number of methoxy groups -OCH3 is 1. The number of carbonyl (C=O) groups excluding carboxylic acids is 3. The average molecular weight is 543 g/mol. The molecular weight excluding hydrogens is 512 g/mol. The first-order chi connectivity index (χ1) is 19.2. The summed E-state index contributed by atoms with van der Waals surface area (Å²) in [6.07, 6.45) is 1.86. The number of likely N-dealkylation sites (tertiary alicyclic amines) is 1. The van der Waals surface area contributed by atoms with Crippen LogP contribution in [0.15, 0.2) is 47.6 Å². The van der Waals surface area contributed by atoms with E-state index in [1.165, 1.54) is 18.2 Å². The van der Waals surface area contributed by atoms with E-state index in [1.807, 2.05) is 38.1 Å². The Balaban J connectivity index is 1.44. The number of amides is 3.